The molecule has 0 spiro atoms. The van der Waals surface area contributed by atoms with Gasteiger partial charge in [0.05, 0.1) is 24.4 Å². The molecule has 28 heavy (non-hydrogen) atoms. The van der Waals surface area contributed by atoms with E-state index in [9.17, 15) is 4.79 Å². The molecule has 4 rings (SSSR count). The van der Waals surface area contributed by atoms with Crippen LogP contribution in [0.5, 0.6) is 17.2 Å². The summed E-state index contributed by atoms with van der Waals surface area (Å²) in [7, 11) is 3.20. The number of aromatic nitrogens is 2. The van der Waals surface area contributed by atoms with Gasteiger partial charge in [0, 0.05) is 17.6 Å². The Kier molecular flexibility index (Phi) is 4.94. The summed E-state index contributed by atoms with van der Waals surface area (Å²) in [5.74, 6) is 1.70. The molecular weight excluding hydrogens is 378 g/mol. The van der Waals surface area contributed by atoms with E-state index in [-0.39, 0.29) is 12.5 Å². The minimum Gasteiger partial charge on any atom is -0.497 e. The monoisotopic (exact) mass is 395 g/mol. The van der Waals surface area contributed by atoms with E-state index in [2.05, 4.69) is 15.3 Å². The number of nitrogens with zero attached hydrogens (tertiary/aromatic N) is 2. The van der Waals surface area contributed by atoms with Gasteiger partial charge >= 0.3 is 0 Å². The van der Waals surface area contributed by atoms with E-state index >= 15 is 0 Å². The van der Waals surface area contributed by atoms with Gasteiger partial charge in [-0.2, -0.15) is 0 Å². The average Bonchev–Trinajstić information content (AvgIpc) is 3.14. The molecule has 0 saturated carbocycles. The summed E-state index contributed by atoms with van der Waals surface area (Å²) >= 11 is 1.37. The summed E-state index contributed by atoms with van der Waals surface area (Å²) in [6.45, 7) is -0.117. The molecule has 0 aliphatic carbocycles. The van der Waals surface area contributed by atoms with Crippen molar-refractivity contribution in [2.75, 3.05) is 26.1 Å². The zero-order chi connectivity index (χ0) is 19.5. The SMILES string of the molecule is COc1ccc(OCC(=O)Nc2nc3c(cc(OC)c4ncccc43)s2)cc1. The minimum absolute atomic E-state index is 0.117. The summed E-state index contributed by atoms with van der Waals surface area (Å²) < 4.78 is 16.9. The molecule has 0 aliphatic heterocycles. The highest BCUT2D eigenvalue weighted by molar-refractivity contribution is 7.22. The number of anilines is 1. The lowest BCUT2D eigenvalue weighted by atomic mass is 10.2. The first-order valence-corrected chi connectivity index (χ1v) is 9.28. The van der Waals surface area contributed by atoms with Crippen molar-refractivity contribution >= 4 is 43.5 Å². The van der Waals surface area contributed by atoms with E-state index in [1.54, 1.807) is 44.7 Å². The minimum atomic E-state index is -0.288. The van der Waals surface area contributed by atoms with Gasteiger partial charge < -0.3 is 14.2 Å². The van der Waals surface area contributed by atoms with Gasteiger partial charge in [-0.15, -0.1) is 0 Å². The molecule has 2 aromatic heterocycles. The van der Waals surface area contributed by atoms with E-state index in [1.807, 2.05) is 18.2 Å². The molecule has 7 nitrogen and oxygen atoms in total. The highest BCUT2D eigenvalue weighted by Gasteiger charge is 2.14. The Morgan fingerprint density at radius 1 is 1.07 bits per heavy atom. The van der Waals surface area contributed by atoms with Crippen LogP contribution in [0.2, 0.25) is 0 Å². The zero-order valence-corrected chi connectivity index (χ0v) is 16.1. The van der Waals surface area contributed by atoms with Crippen LogP contribution in [0.25, 0.3) is 21.1 Å². The largest absolute Gasteiger partial charge is 0.497 e. The summed E-state index contributed by atoms with van der Waals surface area (Å²) in [6, 6.07) is 12.7. The Balaban J connectivity index is 1.51. The number of rotatable bonds is 6. The van der Waals surface area contributed by atoms with Crippen molar-refractivity contribution in [3.63, 3.8) is 0 Å². The topological polar surface area (TPSA) is 82.6 Å². The molecule has 2 heterocycles. The normalized spacial score (nSPS) is 10.8. The Bertz CT molecular complexity index is 1140. The van der Waals surface area contributed by atoms with Crippen LogP contribution in [0.4, 0.5) is 5.13 Å². The van der Waals surface area contributed by atoms with Crippen molar-refractivity contribution in [3.8, 4) is 17.2 Å². The molecule has 0 fully saturated rings. The third-order valence-electron chi connectivity index (χ3n) is 4.11. The van der Waals surface area contributed by atoms with Crippen LogP contribution in [0.1, 0.15) is 0 Å². The van der Waals surface area contributed by atoms with Crippen LogP contribution >= 0.6 is 11.3 Å². The number of nitrogens with one attached hydrogen (secondary N) is 1. The van der Waals surface area contributed by atoms with E-state index < -0.39 is 0 Å². The number of hydrogen-bond donors (Lipinski definition) is 1. The second-order valence-corrected chi connectivity index (χ2v) is 6.89. The Hall–Kier alpha value is -3.39. The van der Waals surface area contributed by atoms with E-state index in [0.29, 0.717) is 16.6 Å². The van der Waals surface area contributed by atoms with E-state index in [0.717, 1.165) is 26.9 Å². The maximum absolute atomic E-state index is 12.2. The Morgan fingerprint density at radius 3 is 2.61 bits per heavy atom. The predicted octanol–water partition coefficient (Wildman–Crippen LogP) is 3.88. The summed E-state index contributed by atoms with van der Waals surface area (Å²) in [4.78, 5) is 21.2. The summed E-state index contributed by atoms with van der Waals surface area (Å²) in [5, 5.41) is 4.16. The lowest BCUT2D eigenvalue weighted by molar-refractivity contribution is -0.118. The van der Waals surface area contributed by atoms with Gasteiger partial charge in [-0.1, -0.05) is 11.3 Å². The first-order valence-electron chi connectivity index (χ1n) is 8.47. The molecule has 0 saturated heterocycles. The molecule has 0 radical (unpaired) electrons. The van der Waals surface area contributed by atoms with Crippen LogP contribution in [0.15, 0.2) is 48.7 Å². The smallest absolute Gasteiger partial charge is 0.264 e. The first-order chi connectivity index (χ1) is 13.7. The molecule has 0 bridgehead atoms. The average molecular weight is 395 g/mol. The van der Waals surface area contributed by atoms with Gasteiger partial charge in [0.1, 0.15) is 22.8 Å². The Morgan fingerprint density at radius 2 is 1.86 bits per heavy atom. The van der Waals surface area contributed by atoms with Crippen LogP contribution in [0, 0.1) is 0 Å². The van der Waals surface area contributed by atoms with Gasteiger partial charge in [0.25, 0.3) is 5.91 Å². The van der Waals surface area contributed by atoms with Gasteiger partial charge in [-0.05, 0) is 36.4 Å². The highest BCUT2D eigenvalue weighted by atomic mass is 32.1. The third kappa shape index (κ3) is 3.54. The third-order valence-corrected chi connectivity index (χ3v) is 5.03. The van der Waals surface area contributed by atoms with Gasteiger partial charge in [0.15, 0.2) is 11.7 Å². The van der Waals surface area contributed by atoms with E-state index in [1.165, 1.54) is 11.3 Å². The Labute approximate surface area is 164 Å². The zero-order valence-electron chi connectivity index (χ0n) is 15.3. The van der Waals surface area contributed by atoms with E-state index in [4.69, 9.17) is 14.2 Å². The van der Waals surface area contributed by atoms with Crippen molar-refractivity contribution in [2.24, 2.45) is 0 Å². The molecule has 0 atom stereocenters. The van der Waals surface area contributed by atoms with Crippen LogP contribution in [0.3, 0.4) is 0 Å². The molecule has 0 unspecified atom stereocenters. The van der Waals surface area contributed by atoms with Crippen molar-refractivity contribution in [3.05, 3.63) is 48.7 Å². The molecular formula is C20H17N3O4S. The van der Waals surface area contributed by atoms with Crippen molar-refractivity contribution in [1.29, 1.82) is 0 Å². The number of hydrogen-bond acceptors (Lipinski definition) is 7. The summed E-state index contributed by atoms with van der Waals surface area (Å²) in [5.41, 5.74) is 1.52. The number of benzene rings is 2. The highest BCUT2D eigenvalue weighted by Crippen LogP contribution is 2.36. The summed E-state index contributed by atoms with van der Waals surface area (Å²) in [6.07, 6.45) is 1.71. The number of carbonyl (C=O) groups excluding carboxylic acids is 1. The number of methoxy groups -OCH3 is 2. The number of pyridine rings is 1. The fourth-order valence-corrected chi connectivity index (χ4v) is 3.72. The molecule has 142 valence electrons. The molecule has 4 aromatic rings. The molecule has 1 amide bonds. The van der Waals surface area contributed by atoms with Crippen molar-refractivity contribution < 1.29 is 19.0 Å². The van der Waals surface area contributed by atoms with Crippen LogP contribution in [-0.2, 0) is 4.79 Å². The van der Waals surface area contributed by atoms with Gasteiger partial charge in [-0.25, -0.2) is 4.98 Å². The van der Waals surface area contributed by atoms with Crippen LogP contribution in [-0.4, -0.2) is 36.7 Å². The number of thiazole rings is 1. The number of ether oxygens (including phenoxy) is 3. The lowest BCUT2D eigenvalue weighted by Gasteiger charge is -2.06. The molecule has 8 heteroatoms. The number of carbonyl (C=O) groups is 1. The maximum atomic E-state index is 12.2. The fraction of sp³-hybridized carbons (Fsp3) is 0.150. The van der Waals surface area contributed by atoms with Crippen molar-refractivity contribution in [2.45, 2.75) is 0 Å². The van der Waals surface area contributed by atoms with Crippen molar-refractivity contribution in [1.82, 2.24) is 9.97 Å². The van der Waals surface area contributed by atoms with Gasteiger partial charge in [0.2, 0.25) is 0 Å². The maximum Gasteiger partial charge on any atom is 0.264 e. The molecule has 1 N–H and O–H groups in total. The second kappa shape index (κ2) is 7.69. The van der Waals surface area contributed by atoms with Gasteiger partial charge in [-0.3, -0.25) is 15.1 Å². The predicted molar refractivity (Wildman–Crippen MR) is 109 cm³/mol. The van der Waals surface area contributed by atoms with Crippen LogP contribution < -0.4 is 19.5 Å². The lowest BCUT2D eigenvalue weighted by Crippen LogP contribution is -2.19. The standard InChI is InChI=1S/C20H17N3O4S/c1-25-12-5-7-13(8-6-12)27-11-17(24)22-20-23-19-14-4-3-9-21-18(14)15(26-2)10-16(19)28-20/h3-10H,11H2,1-2H3,(H,22,23,24). The number of amides is 1. The molecule has 0 aliphatic rings. The quantitative estimate of drug-likeness (QED) is 0.534. The molecule has 2 aromatic carbocycles. The second-order valence-electron chi connectivity index (χ2n) is 5.86. The first kappa shape index (κ1) is 18.0. The number of fused-ring (bicyclic) bond motifs is 3. The fourth-order valence-electron chi connectivity index (χ4n) is 2.79.